The molecule has 0 radical (unpaired) electrons. The van der Waals surface area contributed by atoms with Crippen LogP contribution in [0, 0.1) is 11.6 Å². The summed E-state index contributed by atoms with van der Waals surface area (Å²) < 4.78 is 25.7. The Hall–Kier alpha value is -0.960. The lowest BCUT2D eigenvalue weighted by Gasteiger charge is -1.99. The molecule has 3 heteroatoms. The third-order valence-electron chi connectivity index (χ3n) is 1.92. The number of hydrogen-bond donors (Lipinski definition) is 1. The van der Waals surface area contributed by atoms with Gasteiger partial charge in [-0.15, -0.1) is 0 Å². The van der Waals surface area contributed by atoms with E-state index < -0.39 is 0 Å². The first kappa shape index (κ1) is 9.13. The maximum absolute atomic E-state index is 12.9. The predicted molar refractivity (Wildman–Crippen MR) is 43.6 cm³/mol. The minimum atomic E-state index is -0.314. The highest BCUT2D eigenvalue weighted by atomic mass is 19.1. The van der Waals surface area contributed by atoms with Crippen LogP contribution in [0.2, 0.25) is 0 Å². The van der Waals surface area contributed by atoms with E-state index in [9.17, 15) is 8.78 Å². The molecule has 0 fully saturated rings. The van der Waals surface area contributed by atoms with E-state index in [-0.39, 0.29) is 19.1 Å². The van der Waals surface area contributed by atoms with E-state index in [0.29, 0.717) is 24.2 Å². The molecule has 1 N–H and O–H groups in total. The van der Waals surface area contributed by atoms with Crippen LogP contribution in [0.25, 0.3) is 0 Å². The molecule has 0 atom stereocenters. The summed E-state index contributed by atoms with van der Waals surface area (Å²) in [7, 11) is 0. The number of hydrogen-bond acceptors (Lipinski definition) is 1. The van der Waals surface area contributed by atoms with Crippen LogP contribution in [0.5, 0.6) is 0 Å². The van der Waals surface area contributed by atoms with Gasteiger partial charge in [0.05, 0.1) is 0 Å². The number of nitrogens with one attached hydrogen (secondary N) is 1. The molecule has 2 rings (SSSR count). The molecule has 0 bridgehead atoms. The van der Waals surface area contributed by atoms with Gasteiger partial charge in [-0.25, -0.2) is 8.78 Å². The summed E-state index contributed by atoms with van der Waals surface area (Å²) in [6.45, 7) is 0.887. The Labute approximate surface area is 70.4 Å². The SMILES string of the molecule is C.Fc1ccc(F)c2c1CNC2. The van der Waals surface area contributed by atoms with Gasteiger partial charge in [-0.1, -0.05) is 7.43 Å². The molecule has 0 unspecified atom stereocenters. The smallest absolute Gasteiger partial charge is 0.128 e. The Morgan fingerprint density at radius 2 is 1.42 bits per heavy atom. The van der Waals surface area contributed by atoms with Gasteiger partial charge in [-0.2, -0.15) is 0 Å². The average molecular weight is 171 g/mol. The van der Waals surface area contributed by atoms with E-state index >= 15 is 0 Å². The first-order valence-corrected chi connectivity index (χ1v) is 3.45. The van der Waals surface area contributed by atoms with Crippen LogP contribution in [-0.2, 0) is 13.1 Å². The number of benzene rings is 1. The lowest BCUT2D eigenvalue weighted by Crippen LogP contribution is -2.00. The fraction of sp³-hybridized carbons (Fsp3) is 0.333. The zero-order valence-corrected chi connectivity index (χ0v) is 5.82. The van der Waals surface area contributed by atoms with Gasteiger partial charge in [0.1, 0.15) is 11.6 Å². The minimum Gasteiger partial charge on any atom is -0.308 e. The van der Waals surface area contributed by atoms with E-state index in [1.54, 1.807) is 0 Å². The Morgan fingerprint density at radius 1 is 1.00 bits per heavy atom. The van der Waals surface area contributed by atoms with Crippen LogP contribution in [0.1, 0.15) is 18.6 Å². The molecule has 0 aliphatic carbocycles. The van der Waals surface area contributed by atoms with Crippen LogP contribution in [0.4, 0.5) is 8.78 Å². The van der Waals surface area contributed by atoms with E-state index in [2.05, 4.69) is 5.32 Å². The van der Waals surface area contributed by atoms with Crippen molar-refractivity contribution in [3.63, 3.8) is 0 Å². The third kappa shape index (κ3) is 1.20. The summed E-state index contributed by atoms with van der Waals surface area (Å²) >= 11 is 0. The zero-order chi connectivity index (χ0) is 7.84. The van der Waals surface area contributed by atoms with Gasteiger partial charge < -0.3 is 5.32 Å². The molecule has 0 saturated heterocycles. The molecule has 1 aromatic rings. The van der Waals surface area contributed by atoms with E-state index in [4.69, 9.17) is 0 Å². The van der Waals surface area contributed by atoms with Gasteiger partial charge in [0.25, 0.3) is 0 Å². The Kier molecular flexibility index (Phi) is 2.43. The van der Waals surface area contributed by atoms with Crippen molar-refractivity contribution in [3.8, 4) is 0 Å². The second-order valence-corrected chi connectivity index (χ2v) is 2.59. The Morgan fingerprint density at radius 3 is 1.83 bits per heavy atom. The van der Waals surface area contributed by atoms with Crippen molar-refractivity contribution in [2.75, 3.05) is 0 Å². The molecule has 0 aromatic heterocycles. The Balaban J connectivity index is 0.000000720. The maximum atomic E-state index is 12.9. The van der Waals surface area contributed by atoms with Crippen molar-refractivity contribution in [1.82, 2.24) is 5.32 Å². The highest BCUT2D eigenvalue weighted by Gasteiger charge is 2.17. The van der Waals surface area contributed by atoms with Gasteiger partial charge >= 0.3 is 0 Å². The molecule has 1 heterocycles. The Bertz CT molecular complexity index is 268. The topological polar surface area (TPSA) is 12.0 Å². The highest BCUT2D eigenvalue weighted by molar-refractivity contribution is 5.32. The van der Waals surface area contributed by atoms with Crippen molar-refractivity contribution in [2.24, 2.45) is 0 Å². The predicted octanol–water partition coefficient (Wildman–Crippen LogP) is 2.20. The van der Waals surface area contributed by atoms with Crippen LogP contribution in [-0.4, -0.2) is 0 Å². The van der Waals surface area contributed by atoms with Gasteiger partial charge in [0.2, 0.25) is 0 Å². The van der Waals surface area contributed by atoms with Gasteiger partial charge in [-0.05, 0) is 12.1 Å². The fourth-order valence-corrected chi connectivity index (χ4v) is 1.33. The molecule has 12 heavy (non-hydrogen) atoms. The fourth-order valence-electron chi connectivity index (χ4n) is 1.33. The number of fused-ring (bicyclic) bond motifs is 1. The second kappa shape index (κ2) is 3.19. The van der Waals surface area contributed by atoms with Crippen molar-refractivity contribution >= 4 is 0 Å². The number of halogens is 2. The molecular formula is C9H11F2N. The van der Waals surface area contributed by atoms with Crippen molar-refractivity contribution in [3.05, 3.63) is 34.9 Å². The molecular weight excluding hydrogens is 160 g/mol. The quantitative estimate of drug-likeness (QED) is 0.631. The van der Waals surface area contributed by atoms with E-state index in [0.717, 1.165) is 0 Å². The molecule has 1 nitrogen and oxygen atoms in total. The monoisotopic (exact) mass is 171 g/mol. The van der Waals surface area contributed by atoms with Crippen molar-refractivity contribution in [1.29, 1.82) is 0 Å². The molecule has 1 aliphatic rings. The summed E-state index contributed by atoms with van der Waals surface area (Å²) in [6.07, 6.45) is 0. The molecule has 0 amide bonds. The second-order valence-electron chi connectivity index (χ2n) is 2.59. The van der Waals surface area contributed by atoms with Crippen LogP contribution in [0.3, 0.4) is 0 Å². The van der Waals surface area contributed by atoms with E-state index in [1.165, 1.54) is 12.1 Å². The molecule has 66 valence electrons. The van der Waals surface area contributed by atoms with Gasteiger partial charge in [0.15, 0.2) is 0 Å². The normalized spacial score (nSPS) is 13.8. The third-order valence-corrected chi connectivity index (χ3v) is 1.92. The summed E-state index contributed by atoms with van der Waals surface area (Å²) in [4.78, 5) is 0. The van der Waals surface area contributed by atoms with Crippen LogP contribution >= 0.6 is 0 Å². The number of rotatable bonds is 0. The van der Waals surface area contributed by atoms with E-state index in [1.807, 2.05) is 0 Å². The first-order valence-electron chi connectivity index (χ1n) is 3.45. The molecule has 0 spiro atoms. The highest BCUT2D eigenvalue weighted by Crippen LogP contribution is 2.21. The van der Waals surface area contributed by atoms with Gasteiger partial charge in [-0.3, -0.25) is 0 Å². The lowest BCUT2D eigenvalue weighted by molar-refractivity contribution is 0.585. The standard InChI is InChI=1S/C8H7F2N.CH4/c9-7-1-2-8(10)6-4-11-3-5(6)7;/h1-2,11H,3-4H2;1H4. The van der Waals surface area contributed by atoms with Crippen LogP contribution in [0.15, 0.2) is 12.1 Å². The summed E-state index contributed by atoms with van der Waals surface area (Å²) in [6, 6.07) is 2.34. The maximum Gasteiger partial charge on any atom is 0.128 e. The lowest BCUT2D eigenvalue weighted by atomic mass is 10.1. The summed E-state index contributed by atoms with van der Waals surface area (Å²) in [5, 5.41) is 2.89. The molecule has 0 saturated carbocycles. The summed E-state index contributed by atoms with van der Waals surface area (Å²) in [5.74, 6) is -0.627. The zero-order valence-electron chi connectivity index (χ0n) is 5.82. The minimum absolute atomic E-state index is 0. The van der Waals surface area contributed by atoms with Crippen LogP contribution < -0.4 is 5.32 Å². The molecule has 1 aliphatic heterocycles. The molecule has 1 aromatic carbocycles. The van der Waals surface area contributed by atoms with Gasteiger partial charge in [0, 0.05) is 24.2 Å². The average Bonchev–Trinajstić information content (AvgIpc) is 2.45. The summed E-state index contributed by atoms with van der Waals surface area (Å²) in [5.41, 5.74) is 0.954. The largest absolute Gasteiger partial charge is 0.308 e. The van der Waals surface area contributed by atoms with Crippen molar-refractivity contribution in [2.45, 2.75) is 20.5 Å². The van der Waals surface area contributed by atoms with Crippen molar-refractivity contribution < 1.29 is 8.78 Å². The first-order chi connectivity index (χ1) is 5.29.